The molecule has 0 amide bonds. The Morgan fingerprint density at radius 2 is 1.93 bits per heavy atom. The first-order valence-corrected chi connectivity index (χ1v) is 5.58. The number of hydrogen-bond acceptors (Lipinski definition) is 2. The lowest BCUT2D eigenvalue weighted by Crippen LogP contribution is -2.31. The first-order valence-electron chi connectivity index (χ1n) is 5.58. The zero-order valence-electron chi connectivity index (χ0n) is 9.05. The molecule has 0 unspecified atom stereocenters. The van der Waals surface area contributed by atoms with Crippen LogP contribution in [-0.2, 0) is 4.79 Å². The molecule has 1 N–H and O–H groups in total. The number of Topliss-reactive ketones (excluding diaryl/α,β-unsaturated/α-hetero) is 1. The Kier molecular flexibility index (Phi) is 8.20. The van der Waals surface area contributed by atoms with Crippen molar-refractivity contribution in [1.82, 2.24) is 5.32 Å². The fraction of sp³-hybridized carbons (Fsp3) is 0.909. The van der Waals surface area contributed by atoms with E-state index in [2.05, 4.69) is 12.2 Å². The Morgan fingerprint density at radius 1 is 1.29 bits per heavy atom. The van der Waals surface area contributed by atoms with E-state index in [1.54, 1.807) is 0 Å². The van der Waals surface area contributed by atoms with Crippen molar-refractivity contribution in [2.24, 2.45) is 5.92 Å². The van der Waals surface area contributed by atoms with Gasteiger partial charge in [-0.05, 0) is 32.4 Å². The number of hydrogen-bond donors (Lipinski definition) is 1. The van der Waals surface area contributed by atoms with Crippen LogP contribution >= 0.6 is 12.4 Å². The van der Waals surface area contributed by atoms with Crippen molar-refractivity contribution in [2.45, 2.75) is 45.4 Å². The van der Waals surface area contributed by atoms with Crippen LogP contribution in [0.2, 0.25) is 0 Å². The number of halogens is 1. The normalized spacial score (nSPS) is 17.5. The van der Waals surface area contributed by atoms with Crippen LogP contribution in [0.15, 0.2) is 0 Å². The van der Waals surface area contributed by atoms with Gasteiger partial charge in [-0.15, -0.1) is 12.4 Å². The molecule has 84 valence electrons. The standard InChI is InChI=1S/C11H21NO.ClH/c1-2-3-4-5-11(13)10-6-8-12-9-7-10;/h10,12H,2-9H2,1H3;1H. The summed E-state index contributed by atoms with van der Waals surface area (Å²) < 4.78 is 0. The molecule has 0 saturated carbocycles. The summed E-state index contributed by atoms with van der Waals surface area (Å²) in [6.07, 6.45) is 6.45. The number of unbranched alkanes of at least 4 members (excludes halogenated alkanes) is 2. The number of nitrogens with one attached hydrogen (secondary N) is 1. The van der Waals surface area contributed by atoms with Crippen LogP contribution in [0.4, 0.5) is 0 Å². The zero-order valence-corrected chi connectivity index (χ0v) is 9.87. The number of ketones is 1. The van der Waals surface area contributed by atoms with Gasteiger partial charge in [-0.1, -0.05) is 19.8 Å². The zero-order chi connectivity index (χ0) is 9.52. The molecule has 1 aliphatic heterocycles. The molecular weight excluding hydrogens is 198 g/mol. The topological polar surface area (TPSA) is 29.1 Å². The van der Waals surface area contributed by atoms with Crippen LogP contribution in [-0.4, -0.2) is 18.9 Å². The van der Waals surface area contributed by atoms with Gasteiger partial charge >= 0.3 is 0 Å². The van der Waals surface area contributed by atoms with E-state index in [0.29, 0.717) is 11.7 Å². The predicted octanol–water partition coefficient (Wildman–Crippen LogP) is 2.56. The van der Waals surface area contributed by atoms with Gasteiger partial charge < -0.3 is 5.32 Å². The lowest BCUT2D eigenvalue weighted by Gasteiger charge is -2.21. The molecule has 1 fully saturated rings. The van der Waals surface area contributed by atoms with Gasteiger partial charge in [-0.25, -0.2) is 0 Å². The Bertz CT molecular complexity index is 155. The highest BCUT2D eigenvalue weighted by Gasteiger charge is 2.19. The summed E-state index contributed by atoms with van der Waals surface area (Å²) in [6.45, 7) is 4.24. The fourth-order valence-corrected chi connectivity index (χ4v) is 1.90. The number of carbonyl (C=O) groups is 1. The minimum absolute atomic E-state index is 0. The van der Waals surface area contributed by atoms with Crippen LogP contribution in [0, 0.1) is 5.92 Å². The van der Waals surface area contributed by atoms with Gasteiger partial charge in [0.25, 0.3) is 0 Å². The van der Waals surface area contributed by atoms with Gasteiger partial charge in [0, 0.05) is 12.3 Å². The Labute approximate surface area is 93.2 Å². The molecule has 1 aliphatic rings. The predicted molar refractivity (Wildman–Crippen MR) is 62.0 cm³/mol. The first-order chi connectivity index (χ1) is 6.34. The van der Waals surface area contributed by atoms with E-state index in [4.69, 9.17) is 0 Å². The molecule has 0 spiro atoms. The molecule has 3 heteroatoms. The Balaban J connectivity index is 0.00000169. The molecule has 0 atom stereocenters. The van der Waals surface area contributed by atoms with Gasteiger partial charge in [0.15, 0.2) is 0 Å². The second kappa shape index (κ2) is 8.25. The monoisotopic (exact) mass is 219 g/mol. The van der Waals surface area contributed by atoms with Crippen LogP contribution < -0.4 is 5.32 Å². The quantitative estimate of drug-likeness (QED) is 0.721. The van der Waals surface area contributed by atoms with Crippen molar-refractivity contribution < 1.29 is 4.79 Å². The lowest BCUT2D eigenvalue weighted by molar-refractivity contribution is -0.123. The summed E-state index contributed by atoms with van der Waals surface area (Å²) in [5, 5.41) is 3.28. The molecule has 1 saturated heterocycles. The largest absolute Gasteiger partial charge is 0.317 e. The van der Waals surface area contributed by atoms with Crippen molar-refractivity contribution in [3.05, 3.63) is 0 Å². The summed E-state index contributed by atoms with van der Waals surface area (Å²) in [5.74, 6) is 0.882. The first kappa shape index (κ1) is 13.9. The van der Waals surface area contributed by atoms with Crippen LogP contribution in [0.3, 0.4) is 0 Å². The average molecular weight is 220 g/mol. The third-order valence-corrected chi connectivity index (χ3v) is 2.82. The van der Waals surface area contributed by atoms with Crippen LogP contribution in [0.25, 0.3) is 0 Å². The van der Waals surface area contributed by atoms with Crippen LogP contribution in [0.5, 0.6) is 0 Å². The molecule has 0 bridgehead atoms. The van der Waals surface area contributed by atoms with Crippen molar-refractivity contribution in [3.63, 3.8) is 0 Å². The van der Waals surface area contributed by atoms with E-state index in [0.717, 1.165) is 38.8 Å². The Hall–Kier alpha value is -0.0800. The molecule has 1 heterocycles. The number of rotatable bonds is 5. The van der Waals surface area contributed by atoms with E-state index in [9.17, 15) is 4.79 Å². The maximum absolute atomic E-state index is 11.6. The second-order valence-electron chi connectivity index (χ2n) is 3.95. The van der Waals surface area contributed by atoms with Crippen molar-refractivity contribution in [3.8, 4) is 0 Å². The third-order valence-electron chi connectivity index (χ3n) is 2.82. The summed E-state index contributed by atoms with van der Waals surface area (Å²) in [4.78, 5) is 11.6. The molecule has 0 aromatic heterocycles. The lowest BCUT2D eigenvalue weighted by atomic mass is 9.91. The summed E-state index contributed by atoms with van der Waals surface area (Å²) in [7, 11) is 0. The maximum Gasteiger partial charge on any atom is 0.136 e. The SMILES string of the molecule is CCCCCC(=O)C1CCNCC1.Cl. The maximum atomic E-state index is 11.6. The van der Waals surface area contributed by atoms with E-state index < -0.39 is 0 Å². The average Bonchev–Trinajstić information content (AvgIpc) is 2.19. The molecule has 0 radical (unpaired) electrons. The number of piperidine rings is 1. The summed E-state index contributed by atoms with van der Waals surface area (Å²) in [6, 6.07) is 0. The van der Waals surface area contributed by atoms with Gasteiger partial charge in [0.1, 0.15) is 5.78 Å². The van der Waals surface area contributed by atoms with Crippen molar-refractivity contribution in [2.75, 3.05) is 13.1 Å². The molecular formula is C11H22ClNO. The third kappa shape index (κ3) is 4.97. The fourth-order valence-electron chi connectivity index (χ4n) is 1.90. The minimum Gasteiger partial charge on any atom is -0.317 e. The van der Waals surface area contributed by atoms with Crippen molar-refractivity contribution in [1.29, 1.82) is 0 Å². The van der Waals surface area contributed by atoms with E-state index in [-0.39, 0.29) is 12.4 Å². The molecule has 0 aliphatic carbocycles. The highest BCUT2D eigenvalue weighted by Crippen LogP contribution is 2.16. The number of carbonyl (C=O) groups excluding carboxylic acids is 1. The van der Waals surface area contributed by atoms with Crippen molar-refractivity contribution >= 4 is 18.2 Å². The minimum atomic E-state index is 0. The molecule has 2 nitrogen and oxygen atoms in total. The van der Waals surface area contributed by atoms with E-state index in [1.807, 2.05) is 0 Å². The van der Waals surface area contributed by atoms with Gasteiger partial charge in [0.05, 0.1) is 0 Å². The second-order valence-corrected chi connectivity index (χ2v) is 3.95. The highest BCUT2D eigenvalue weighted by molar-refractivity contribution is 5.85. The summed E-state index contributed by atoms with van der Waals surface area (Å²) >= 11 is 0. The molecule has 14 heavy (non-hydrogen) atoms. The highest BCUT2D eigenvalue weighted by atomic mass is 35.5. The van der Waals surface area contributed by atoms with E-state index >= 15 is 0 Å². The van der Waals surface area contributed by atoms with Gasteiger partial charge in [-0.2, -0.15) is 0 Å². The smallest absolute Gasteiger partial charge is 0.136 e. The van der Waals surface area contributed by atoms with E-state index in [1.165, 1.54) is 12.8 Å². The van der Waals surface area contributed by atoms with Gasteiger partial charge in [-0.3, -0.25) is 4.79 Å². The summed E-state index contributed by atoms with van der Waals surface area (Å²) in [5.41, 5.74) is 0. The molecule has 0 aromatic carbocycles. The van der Waals surface area contributed by atoms with Gasteiger partial charge in [0.2, 0.25) is 0 Å². The van der Waals surface area contributed by atoms with Crippen LogP contribution in [0.1, 0.15) is 45.4 Å². The molecule has 0 aromatic rings. The molecule has 1 rings (SSSR count). The Morgan fingerprint density at radius 3 is 2.50 bits per heavy atom.